The summed E-state index contributed by atoms with van der Waals surface area (Å²) in [5.41, 5.74) is 5.62. The third-order valence-electron chi connectivity index (χ3n) is 5.40. The van der Waals surface area contributed by atoms with Gasteiger partial charge in [-0.15, -0.1) is 0 Å². The van der Waals surface area contributed by atoms with Crippen LogP contribution in [-0.4, -0.2) is 40.3 Å². The molecular weight excluding hydrogens is 402 g/mol. The number of hydrogen-bond donors (Lipinski definition) is 1. The van der Waals surface area contributed by atoms with Crippen molar-refractivity contribution in [1.29, 1.82) is 0 Å². The molecule has 0 unspecified atom stereocenters. The number of nitrogens with zero attached hydrogens (tertiary/aromatic N) is 4. The van der Waals surface area contributed by atoms with Gasteiger partial charge in [-0.1, -0.05) is 36.4 Å². The van der Waals surface area contributed by atoms with Crippen molar-refractivity contribution >= 4 is 33.7 Å². The first-order valence-electron chi connectivity index (χ1n) is 10.2. The highest BCUT2D eigenvalue weighted by atomic mass is 16.5. The van der Waals surface area contributed by atoms with Gasteiger partial charge in [-0.25, -0.2) is 14.8 Å². The molecule has 0 saturated heterocycles. The fraction of sp³-hybridized carbons (Fsp3) is 0.120. The van der Waals surface area contributed by atoms with E-state index in [4.69, 9.17) is 14.7 Å². The van der Waals surface area contributed by atoms with E-state index >= 15 is 0 Å². The van der Waals surface area contributed by atoms with Crippen LogP contribution in [0.4, 0.5) is 5.82 Å². The third-order valence-corrected chi connectivity index (χ3v) is 5.40. The Labute approximate surface area is 184 Å². The Bertz CT molecular complexity index is 1430. The van der Waals surface area contributed by atoms with Crippen molar-refractivity contribution < 1.29 is 9.53 Å². The van der Waals surface area contributed by atoms with Gasteiger partial charge < -0.3 is 9.64 Å². The number of nitrogens with one attached hydrogen (secondary N) is 1. The molecule has 0 fully saturated rings. The average molecular weight is 423 g/mol. The number of methoxy groups -OCH3 is 1. The normalized spacial score (nSPS) is 11.1. The van der Waals surface area contributed by atoms with Gasteiger partial charge in [0.15, 0.2) is 5.82 Å². The van der Waals surface area contributed by atoms with E-state index in [1.54, 1.807) is 24.4 Å². The summed E-state index contributed by atoms with van der Waals surface area (Å²) in [4.78, 5) is 23.9. The summed E-state index contributed by atoms with van der Waals surface area (Å²) in [7, 11) is 3.36. The smallest absolute Gasteiger partial charge is 0.337 e. The van der Waals surface area contributed by atoms with E-state index in [9.17, 15) is 4.79 Å². The molecule has 0 aliphatic rings. The van der Waals surface area contributed by atoms with E-state index in [1.807, 2.05) is 37.4 Å². The molecule has 5 rings (SSSR count). The minimum Gasteiger partial charge on any atom is -0.465 e. The summed E-state index contributed by atoms with van der Waals surface area (Å²) in [5, 5.41) is 8.10. The van der Waals surface area contributed by atoms with Crippen molar-refractivity contribution in [2.45, 2.75) is 6.54 Å². The van der Waals surface area contributed by atoms with Gasteiger partial charge >= 0.3 is 5.97 Å². The molecule has 2 aromatic heterocycles. The highest BCUT2D eigenvalue weighted by Gasteiger charge is 2.17. The molecule has 158 valence electrons. The second-order valence-corrected chi connectivity index (χ2v) is 7.60. The zero-order valence-corrected chi connectivity index (χ0v) is 17.7. The van der Waals surface area contributed by atoms with Crippen LogP contribution in [0.1, 0.15) is 15.9 Å². The molecule has 0 aliphatic heterocycles. The molecule has 7 nitrogen and oxygen atoms in total. The van der Waals surface area contributed by atoms with Crippen LogP contribution in [-0.2, 0) is 11.3 Å². The standard InChI is InChI=1S/C25H21N5O2/c1-30(15-16-6-4-3-5-7-16)24-23(17-8-10-20-19(12-17)14-26-29-20)27-21-11-9-18(25(31)32-2)13-22(21)28-24/h3-14H,15H2,1-2H3,(H,26,29). The number of H-pyrrole nitrogens is 1. The lowest BCUT2D eigenvalue weighted by atomic mass is 10.1. The van der Waals surface area contributed by atoms with Crippen molar-refractivity contribution in [2.24, 2.45) is 0 Å². The molecule has 0 radical (unpaired) electrons. The zero-order chi connectivity index (χ0) is 22.1. The van der Waals surface area contributed by atoms with Crippen molar-refractivity contribution in [3.8, 4) is 11.3 Å². The van der Waals surface area contributed by atoms with Crippen molar-refractivity contribution in [3.63, 3.8) is 0 Å². The minimum absolute atomic E-state index is 0.401. The largest absolute Gasteiger partial charge is 0.465 e. The quantitative estimate of drug-likeness (QED) is 0.416. The zero-order valence-electron chi connectivity index (χ0n) is 17.7. The summed E-state index contributed by atoms with van der Waals surface area (Å²) in [6.07, 6.45) is 1.79. The minimum atomic E-state index is -0.401. The predicted octanol–water partition coefficient (Wildman–Crippen LogP) is 4.60. The second-order valence-electron chi connectivity index (χ2n) is 7.60. The topological polar surface area (TPSA) is 84.0 Å². The third kappa shape index (κ3) is 3.65. The number of aromatic nitrogens is 4. The fourth-order valence-electron chi connectivity index (χ4n) is 3.77. The van der Waals surface area contributed by atoms with Gasteiger partial charge in [0.05, 0.1) is 35.4 Å². The highest BCUT2D eigenvalue weighted by molar-refractivity contribution is 5.95. The maximum absolute atomic E-state index is 12.0. The SMILES string of the molecule is COC(=O)c1ccc2nc(-c3ccc4[nH]ncc4c3)c(N(C)Cc3ccccc3)nc2c1. The maximum atomic E-state index is 12.0. The Morgan fingerprint density at radius 1 is 1.00 bits per heavy atom. The van der Waals surface area contributed by atoms with E-state index in [0.717, 1.165) is 33.5 Å². The Morgan fingerprint density at radius 3 is 2.66 bits per heavy atom. The molecule has 1 N–H and O–H groups in total. The summed E-state index contributed by atoms with van der Waals surface area (Å²) < 4.78 is 4.86. The van der Waals surface area contributed by atoms with Crippen molar-refractivity contribution in [2.75, 3.05) is 19.1 Å². The first kappa shape index (κ1) is 19.7. The number of hydrogen-bond acceptors (Lipinski definition) is 6. The number of ether oxygens (including phenoxy) is 1. The molecule has 7 heteroatoms. The number of esters is 1. The molecule has 0 saturated carbocycles. The van der Waals surface area contributed by atoms with Gasteiger partial charge in [-0.05, 0) is 35.9 Å². The summed E-state index contributed by atoms with van der Waals surface area (Å²) in [5.74, 6) is 0.327. The Kier molecular flexibility index (Phi) is 4.99. The second kappa shape index (κ2) is 8.11. The van der Waals surface area contributed by atoms with Crippen LogP contribution in [0.3, 0.4) is 0 Å². The van der Waals surface area contributed by atoms with E-state index < -0.39 is 5.97 Å². The molecule has 32 heavy (non-hydrogen) atoms. The number of aromatic amines is 1. The number of carbonyl (C=O) groups excluding carboxylic acids is 1. The number of fused-ring (bicyclic) bond motifs is 2. The Morgan fingerprint density at radius 2 is 1.84 bits per heavy atom. The lowest BCUT2D eigenvalue weighted by Crippen LogP contribution is -2.19. The molecule has 0 atom stereocenters. The van der Waals surface area contributed by atoms with Crippen LogP contribution in [0.15, 0.2) is 72.9 Å². The molecule has 5 aromatic rings. The number of rotatable bonds is 5. The lowest BCUT2D eigenvalue weighted by molar-refractivity contribution is 0.0601. The predicted molar refractivity (Wildman–Crippen MR) is 125 cm³/mol. The molecular formula is C25H21N5O2. The molecule has 0 spiro atoms. The Balaban J connectivity index is 1.67. The highest BCUT2D eigenvalue weighted by Crippen LogP contribution is 2.32. The molecule has 2 heterocycles. The van der Waals surface area contributed by atoms with E-state index in [2.05, 4.69) is 33.3 Å². The van der Waals surface area contributed by atoms with Crippen molar-refractivity contribution in [3.05, 3.63) is 84.1 Å². The van der Waals surface area contributed by atoms with E-state index in [-0.39, 0.29) is 0 Å². The van der Waals surface area contributed by atoms with Crippen LogP contribution in [0, 0.1) is 0 Å². The van der Waals surface area contributed by atoms with Gasteiger partial charge in [0, 0.05) is 24.5 Å². The van der Waals surface area contributed by atoms with Gasteiger partial charge in [0.2, 0.25) is 0 Å². The number of benzene rings is 3. The monoisotopic (exact) mass is 423 g/mol. The maximum Gasteiger partial charge on any atom is 0.337 e. The van der Waals surface area contributed by atoms with Gasteiger partial charge in [-0.2, -0.15) is 5.10 Å². The van der Waals surface area contributed by atoms with Crippen LogP contribution < -0.4 is 4.90 Å². The first-order chi connectivity index (χ1) is 15.6. The van der Waals surface area contributed by atoms with Crippen molar-refractivity contribution in [1.82, 2.24) is 20.2 Å². The fourth-order valence-corrected chi connectivity index (χ4v) is 3.77. The molecule has 0 amide bonds. The lowest BCUT2D eigenvalue weighted by Gasteiger charge is -2.22. The van der Waals surface area contributed by atoms with E-state index in [0.29, 0.717) is 23.1 Å². The number of carbonyl (C=O) groups is 1. The average Bonchev–Trinajstić information content (AvgIpc) is 3.31. The summed E-state index contributed by atoms with van der Waals surface area (Å²) >= 11 is 0. The molecule has 0 bridgehead atoms. The van der Waals surface area contributed by atoms with Crippen LogP contribution in [0.25, 0.3) is 33.2 Å². The van der Waals surface area contributed by atoms with Gasteiger partial charge in [0.25, 0.3) is 0 Å². The van der Waals surface area contributed by atoms with E-state index in [1.165, 1.54) is 7.11 Å². The van der Waals surface area contributed by atoms with Crippen LogP contribution >= 0.6 is 0 Å². The summed E-state index contributed by atoms with van der Waals surface area (Å²) in [6.45, 7) is 0.665. The molecule has 3 aromatic carbocycles. The van der Waals surface area contributed by atoms with Gasteiger partial charge in [0.1, 0.15) is 5.69 Å². The van der Waals surface area contributed by atoms with Crippen LogP contribution in [0.5, 0.6) is 0 Å². The first-order valence-corrected chi connectivity index (χ1v) is 10.2. The molecule has 0 aliphatic carbocycles. The Hall–Kier alpha value is -4.26. The number of anilines is 1. The van der Waals surface area contributed by atoms with Gasteiger partial charge in [-0.3, -0.25) is 5.10 Å². The van der Waals surface area contributed by atoms with Crippen LogP contribution in [0.2, 0.25) is 0 Å². The summed E-state index contributed by atoms with van der Waals surface area (Å²) in [6, 6.07) is 21.5.